The Labute approximate surface area is 101 Å². The summed E-state index contributed by atoms with van der Waals surface area (Å²) in [6.45, 7) is 1.44. The van der Waals surface area contributed by atoms with Crippen molar-refractivity contribution in [3.05, 3.63) is 17.2 Å². The van der Waals surface area contributed by atoms with Gasteiger partial charge in [0.2, 0.25) is 5.91 Å². The highest BCUT2D eigenvalue weighted by atomic mass is 35.5. The standard InChI is InChI=1S/C10H9ClN2O2S/c1-5(14)12-10-13-8-7(15-2)4-3-6(11)9(8)16-10/h3-4H,1-2H3,(H,12,13,14). The summed E-state index contributed by atoms with van der Waals surface area (Å²) < 4.78 is 5.98. The van der Waals surface area contributed by atoms with Crippen LogP contribution in [0.2, 0.25) is 5.02 Å². The molecule has 0 aliphatic heterocycles. The fourth-order valence-corrected chi connectivity index (χ4v) is 2.52. The summed E-state index contributed by atoms with van der Waals surface area (Å²) >= 11 is 7.36. The minimum atomic E-state index is -0.158. The molecule has 2 rings (SSSR count). The van der Waals surface area contributed by atoms with Gasteiger partial charge in [0, 0.05) is 6.92 Å². The van der Waals surface area contributed by atoms with Crippen molar-refractivity contribution in [1.29, 1.82) is 0 Å². The Morgan fingerprint density at radius 2 is 2.31 bits per heavy atom. The first kappa shape index (κ1) is 11.2. The average molecular weight is 257 g/mol. The number of ether oxygens (including phenoxy) is 1. The van der Waals surface area contributed by atoms with Gasteiger partial charge in [-0.05, 0) is 12.1 Å². The van der Waals surface area contributed by atoms with Gasteiger partial charge in [-0.25, -0.2) is 4.98 Å². The van der Waals surface area contributed by atoms with Crippen molar-refractivity contribution in [3.63, 3.8) is 0 Å². The smallest absolute Gasteiger partial charge is 0.223 e. The molecule has 1 heterocycles. The fourth-order valence-electron chi connectivity index (χ4n) is 1.32. The largest absolute Gasteiger partial charge is 0.494 e. The average Bonchev–Trinajstić information content (AvgIpc) is 2.62. The van der Waals surface area contributed by atoms with Crippen LogP contribution in [-0.2, 0) is 4.79 Å². The number of halogens is 1. The second-order valence-corrected chi connectivity index (χ2v) is 4.53. The molecule has 2 aromatic rings. The van der Waals surface area contributed by atoms with E-state index in [0.717, 1.165) is 4.70 Å². The summed E-state index contributed by atoms with van der Waals surface area (Å²) in [5.41, 5.74) is 0.670. The first-order valence-corrected chi connectivity index (χ1v) is 5.72. The summed E-state index contributed by atoms with van der Waals surface area (Å²) in [6, 6.07) is 3.50. The molecule has 1 aromatic heterocycles. The van der Waals surface area contributed by atoms with Crippen LogP contribution >= 0.6 is 22.9 Å². The molecule has 16 heavy (non-hydrogen) atoms. The van der Waals surface area contributed by atoms with E-state index in [9.17, 15) is 4.79 Å². The predicted octanol–water partition coefficient (Wildman–Crippen LogP) is 2.92. The number of amides is 1. The van der Waals surface area contributed by atoms with Gasteiger partial charge in [-0.3, -0.25) is 4.79 Å². The first-order chi connectivity index (χ1) is 7.61. The van der Waals surface area contributed by atoms with Gasteiger partial charge in [-0.2, -0.15) is 0 Å². The molecule has 0 radical (unpaired) electrons. The molecule has 0 spiro atoms. The first-order valence-electron chi connectivity index (χ1n) is 4.52. The zero-order valence-corrected chi connectivity index (χ0v) is 10.3. The van der Waals surface area contributed by atoms with Crippen LogP contribution in [0.5, 0.6) is 5.75 Å². The Kier molecular flexibility index (Phi) is 2.98. The molecule has 0 aliphatic rings. The van der Waals surface area contributed by atoms with E-state index in [2.05, 4.69) is 10.3 Å². The number of nitrogens with zero attached hydrogens (tertiary/aromatic N) is 1. The second kappa shape index (κ2) is 4.27. The van der Waals surface area contributed by atoms with Crippen molar-refractivity contribution in [1.82, 2.24) is 4.98 Å². The highest BCUT2D eigenvalue weighted by Crippen LogP contribution is 2.37. The molecule has 0 bridgehead atoms. The van der Waals surface area contributed by atoms with Crippen LogP contribution in [-0.4, -0.2) is 18.0 Å². The Hall–Kier alpha value is -1.33. The van der Waals surface area contributed by atoms with Crippen LogP contribution in [0.3, 0.4) is 0 Å². The maximum Gasteiger partial charge on any atom is 0.223 e. The van der Waals surface area contributed by atoms with Crippen molar-refractivity contribution in [2.45, 2.75) is 6.92 Å². The molecule has 0 fully saturated rings. The Balaban J connectivity index is 2.58. The molecule has 6 heteroatoms. The molecule has 0 aliphatic carbocycles. The number of fused-ring (bicyclic) bond motifs is 1. The van der Waals surface area contributed by atoms with Crippen LogP contribution in [0.4, 0.5) is 5.13 Å². The topological polar surface area (TPSA) is 51.2 Å². The highest BCUT2D eigenvalue weighted by molar-refractivity contribution is 7.23. The molecule has 1 amide bonds. The SMILES string of the molecule is COc1ccc(Cl)c2sc(NC(C)=O)nc12. The summed E-state index contributed by atoms with van der Waals surface area (Å²) in [7, 11) is 1.57. The van der Waals surface area contributed by atoms with Crippen LogP contribution < -0.4 is 10.1 Å². The van der Waals surface area contributed by atoms with Crippen molar-refractivity contribution < 1.29 is 9.53 Å². The van der Waals surface area contributed by atoms with Crippen molar-refractivity contribution in [2.75, 3.05) is 12.4 Å². The molecule has 0 saturated heterocycles. The number of anilines is 1. The van der Waals surface area contributed by atoms with Gasteiger partial charge in [-0.15, -0.1) is 0 Å². The molecule has 1 aromatic carbocycles. The minimum absolute atomic E-state index is 0.158. The molecule has 4 nitrogen and oxygen atoms in total. The number of aromatic nitrogens is 1. The van der Waals surface area contributed by atoms with Crippen LogP contribution in [0.15, 0.2) is 12.1 Å². The quantitative estimate of drug-likeness (QED) is 0.899. The second-order valence-electron chi connectivity index (χ2n) is 3.13. The van der Waals surface area contributed by atoms with Gasteiger partial charge in [-0.1, -0.05) is 22.9 Å². The lowest BCUT2D eigenvalue weighted by Gasteiger charge is -2.00. The van der Waals surface area contributed by atoms with E-state index in [1.54, 1.807) is 19.2 Å². The lowest BCUT2D eigenvalue weighted by molar-refractivity contribution is -0.114. The van der Waals surface area contributed by atoms with Crippen molar-refractivity contribution >= 4 is 44.2 Å². The van der Waals surface area contributed by atoms with Gasteiger partial charge < -0.3 is 10.1 Å². The summed E-state index contributed by atoms with van der Waals surface area (Å²) in [6.07, 6.45) is 0. The number of benzene rings is 1. The maximum atomic E-state index is 10.9. The molecule has 1 N–H and O–H groups in total. The van der Waals surface area contributed by atoms with E-state index in [4.69, 9.17) is 16.3 Å². The van der Waals surface area contributed by atoms with Gasteiger partial charge >= 0.3 is 0 Å². The number of carbonyl (C=O) groups is 1. The number of hydrogen-bond donors (Lipinski definition) is 1. The molecule has 84 valence electrons. The van der Waals surface area contributed by atoms with Crippen LogP contribution in [0, 0.1) is 0 Å². The van der Waals surface area contributed by atoms with E-state index in [-0.39, 0.29) is 5.91 Å². The summed E-state index contributed by atoms with van der Waals surface area (Å²) in [5, 5.41) is 3.75. The van der Waals surface area contributed by atoms with Gasteiger partial charge in [0.05, 0.1) is 16.8 Å². The summed E-state index contributed by atoms with van der Waals surface area (Å²) in [4.78, 5) is 15.2. The number of carbonyl (C=O) groups excluding carboxylic acids is 1. The van der Waals surface area contributed by atoms with Crippen LogP contribution in [0.25, 0.3) is 10.2 Å². The Morgan fingerprint density at radius 3 is 2.94 bits per heavy atom. The van der Waals surface area contributed by atoms with Gasteiger partial charge in [0.1, 0.15) is 11.3 Å². The molecular weight excluding hydrogens is 248 g/mol. The Bertz CT molecular complexity index is 553. The lowest BCUT2D eigenvalue weighted by atomic mass is 10.3. The zero-order chi connectivity index (χ0) is 11.7. The van der Waals surface area contributed by atoms with Crippen molar-refractivity contribution in [3.8, 4) is 5.75 Å². The van der Waals surface area contributed by atoms with E-state index < -0.39 is 0 Å². The lowest BCUT2D eigenvalue weighted by Crippen LogP contribution is -2.04. The maximum absolute atomic E-state index is 10.9. The third kappa shape index (κ3) is 1.96. The molecule has 0 saturated carbocycles. The highest BCUT2D eigenvalue weighted by Gasteiger charge is 2.12. The third-order valence-electron chi connectivity index (χ3n) is 1.96. The normalized spacial score (nSPS) is 10.4. The number of methoxy groups -OCH3 is 1. The molecule has 0 unspecified atom stereocenters. The number of rotatable bonds is 2. The van der Waals surface area contributed by atoms with E-state index in [1.807, 2.05) is 0 Å². The number of thiazole rings is 1. The zero-order valence-electron chi connectivity index (χ0n) is 8.70. The van der Waals surface area contributed by atoms with Crippen molar-refractivity contribution in [2.24, 2.45) is 0 Å². The minimum Gasteiger partial charge on any atom is -0.494 e. The fraction of sp³-hybridized carbons (Fsp3) is 0.200. The van der Waals surface area contributed by atoms with Crippen LogP contribution in [0.1, 0.15) is 6.92 Å². The van der Waals surface area contributed by atoms with Gasteiger partial charge in [0.25, 0.3) is 0 Å². The van der Waals surface area contributed by atoms with E-state index in [1.165, 1.54) is 18.3 Å². The monoisotopic (exact) mass is 256 g/mol. The Morgan fingerprint density at radius 1 is 1.56 bits per heavy atom. The predicted molar refractivity (Wildman–Crippen MR) is 65.5 cm³/mol. The third-order valence-corrected chi connectivity index (χ3v) is 3.39. The number of hydrogen-bond acceptors (Lipinski definition) is 4. The number of nitrogens with one attached hydrogen (secondary N) is 1. The summed E-state index contributed by atoms with van der Waals surface area (Å²) in [5.74, 6) is 0.487. The van der Waals surface area contributed by atoms with Gasteiger partial charge in [0.15, 0.2) is 5.13 Å². The van der Waals surface area contributed by atoms with E-state index >= 15 is 0 Å². The molecule has 0 atom stereocenters. The molecular formula is C10H9ClN2O2S. The van der Waals surface area contributed by atoms with E-state index in [0.29, 0.717) is 21.4 Å².